The van der Waals surface area contributed by atoms with Crippen molar-refractivity contribution in [3.63, 3.8) is 0 Å². The van der Waals surface area contributed by atoms with Crippen LogP contribution in [0.1, 0.15) is 24.5 Å². The number of fused-ring (bicyclic) bond motifs is 2. The summed E-state index contributed by atoms with van der Waals surface area (Å²) in [6.45, 7) is 2.65. The number of hydrogen-bond donors (Lipinski definition) is 2. The molecule has 3 aromatic rings. The van der Waals surface area contributed by atoms with Gasteiger partial charge in [-0.3, -0.25) is 9.69 Å². The number of H-pyrrole nitrogens is 1. The number of aromatic amines is 1. The van der Waals surface area contributed by atoms with Gasteiger partial charge in [0.15, 0.2) is 0 Å². The summed E-state index contributed by atoms with van der Waals surface area (Å²) in [4.78, 5) is 24.2. The van der Waals surface area contributed by atoms with Crippen LogP contribution in [-0.4, -0.2) is 77.7 Å². The molecule has 1 saturated heterocycles. The van der Waals surface area contributed by atoms with Crippen molar-refractivity contribution in [3.05, 3.63) is 48.0 Å². The first-order valence-electron chi connectivity index (χ1n) is 11.9. The van der Waals surface area contributed by atoms with E-state index in [0.29, 0.717) is 36.6 Å². The highest BCUT2D eigenvalue weighted by atomic mass is 19.1. The van der Waals surface area contributed by atoms with E-state index in [9.17, 15) is 9.18 Å². The summed E-state index contributed by atoms with van der Waals surface area (Å²) in [6.07, 6.45) is 3.90. The molecule has 5 rings (SSSR count). The summed E-state index contributed by atoms with van der Waals surface area (Å²) in [5.74, 6) is 1.96. The molecule has 1 amide bonds. The number of ether oxygens (including phenoxy) is 1. The van der Waals surface area contributed by atoms with E-state index < -0.39 is 0 Å². The van der Waals surface area contributed by atoms with Crippen LogP contribution in [0.2, 0.25) is 0 Å². The number of benzene rings is 1. The summed E-state index contributed by atoms with van der Waals surface area (Å²) in [7, 11) is 3.33. The van der Waals surface area contributed by atoms with Crippen LogP contribution < -0.4 is 4.74 Å². The first-order chi connectivity index (χ1) is 16.5. The smallest absolute Gasteiger partial charge is 0.236 e. The molecule has 0 spiro atoms. The number of amides is 1. The summed E-state index contributed by atoms with van der Waals surface area (Å²) in [5, 5.41) is 10.0. The second kappa shape index (κ2) is 9.35. The molecule has 180 valence electrons. The number of likely N-dealkylation sites (N-methyl/N-ethyl adjacent to an activating group) is 1. The lowest BCUT2D eigenvalue weighted by molar-refractivity contribution is -0.131. The van der Waals surface area contributed by atoms with Crippen molar-refractivity contribution < 1.29 is 19.0 Å². The summed E-state index contributed by atoms with van der Waals surface area (Å²) in [5.41, 5.74) is 3.59. The molecular formula is C26H31FN4O3. The number of rotatable bonds is 7. The molecule has 2 N–H and O–H groups in total. The highest BCUT2D eigenvalue weighted by molar-refractivity contribution is 5.95. The molecule has 2 fully saturated rings. The minimum Gasteiger partial charge on any atom is -0.496 e. The van der Waals surface area contributed by atoms with Crippen LogP contribution in [0.4, 0.5) is 4.39 Å². The first kappa shape index (κ1) is 22.8. The fraction of sp³-hybridized carbons (Fsp3) is 0.462. The van der Waals surface area contributed by atoms with Gasteiger partial charge < -0.3 is 19.7 Å². The zero-order valence-electron chi connectivity index (χ0n) is 19.6. The highest BCUT2D eigenvalue weighted by Crippen LogP contribution is 2.47. The molecule has 1 aliphatic carbocycles. The van der Waals surface area contributed by atoms with Crippen molar-refractivity contribution in [2.75, 3.05) is 46.9 Å². The van der Waals surface area contributed by atoms with E-state index in [1.807, 2.05) is 6.07 Å². The Balaban J connectivity index is 1.32. The van der Waals surface area contributed by atoms with Crippen LogP contribution in [0.15, 0.2) is 36.5 Å². The van der Waals surface area contributed by atoms with E-state index in [-0.39, 0.29) is 18.3 Å². The zero-order chi connectivity index (χ0) is 23.8. The van der Waals surface area contributed by atoms with Crippen LogP contribution in [0.25, 0.3) is 22.2 Å². The largest absolute Gasteiger partial charge is 0.496 e. The number of aromatic nitrogens is 2. The number of nitrogens with one attached hydrogen (secondary N) is 1. The number of aliphatic hydroxyl groups excluding tert-OH is 1. The quantitative estimate of drug-likeness (QED) is 0.559. The van der Waals surface area contributed by atoms with E-state index in [1.165, 1.54) is 17.8 Å². The molecule has 1 unspecified atom stereocenters. The maximum absolute atomic E-state index is 14.0. The Hall–Kier alpha value is -2.97. The van der Waals surface area contributed by atoms with Crippen LogP contribution in [0.3, 0.4) is 0 Å². The van der Waals surface area contributed by atoms with Gasteiger partial charge in [-0.15, -0.1) is 0 Å². The van der Waals surface area contributed by atoms with Crippen LogP contribution in [-0.2, 0) is 4.79 Å². The first-order valence-corrected chi connectivity index (χ1v) is 11.9. The molecule has 1 aliphatic heterocycles. The molecule has 3 heterocycles. The van der Waals surface area contributed by atoms with Gasteiger partial charge in [-0.2, -0.15) is 0 Å². The van der Waals surface area contributed by atoms with E-state index in [4.69, 9.17) is 9.84 Å². The maximum atomic E-state index is 14.0. The van der Waals surface area contributed by atoms with Crippen LogP contribution in [0.5, 0.6) is 5.75 Å². The molecule has 2 aromatic heterocycles. The SMILES string of the molecule is COc1ccc(F)cc1-c1ccnc2[nH]c(C3C[C@@H]4CN(CC(=O)N(C)CCO)C[C@@H]4C3)cc12. The Morgan fingerprint density at radius 2 is 2.00 bits per heavy atom. The molecule has 0 bridgehead atoms. The lowest BCUT2D eigenvalue weighted by atomic mass is 9.99. The minimum atomic E-state index is -0.300. The van der Waals surface area contributed by atoms with Crippen molar-refractivity contribution in [2.45, 2.75) is 18.8 Å². The lowest BCUT2D eigenvalue weighted by Gasteiger charge is -2.22. The number of likely N-dealkylation sites (tertiary alicyclic amines) is 1. The Labute approximate surface area is 198 Å². The van der Waals surface area contributed by atoms with E-state index >= 15 is 0 Å². The van der Waals surface area contributed by atoms with Gasteiger partial charge in [0.1, 0.15) is 17.2 Å². The van der Waals surface area contributed by atoms with E-state index in [1.54, 1.807) is 31.3 Å². The van der Waals surface area contributed by atoms with E-state index in [2.05, 4.69) is 20.9 Å². The van der Waals surface area contributed by atoms with Gasteiger partial charge in [0.2, 0.25) is 5.91 Å². The van der Waals surface area contributed by atoms with E-state index in [0.717, 1.165) is 48.1 Å². The number of carbonyl (C=O) groups is 1. The van der Waals surface area contributed by atoms with Crippen molar-refractivity contribution in [1.29, 1.82) is 0 Å². The maximum Gasteiger partial charge on any atom is 0.236 e. The molecule has 34 heavy (non-hydrogen) atoms. The number of carbonyl (C=O) groups excluding carboxylic acids is 1. The molecule has 0 radical (unpaired) electrons. The van der Waals surface area contributed by atoms with Crippen LogP contribution >= 0.6 is 0 Å². The van der Waals surface area contributed by atoms with Gasteiger partial charge in [0.25, 0.3) is 0 Å². The summed E-state index contributed by atoms with van der Waals surface area (Å²) in [6, 6.07) is 8.64. The Kier molecular flexibility index (Phi) is 6.27. The number of nitrogens with zero attached hydrogens (tertiary/aromatic N) is 3. The third kappa shape index (κ3) is 4.28. The Morgan fingerprint density at radius 3 is 2.71 bits per heavy atom. The van der Waals surface area contributed by atoms with Crippen molar-refractivity contribution >= 4 is 16.9 Å². The number of halogens is 1. The molecule has 1 aromatic carbocycles. The van der Waals surface area contributed by atoms with Gasteiger partial charge in [-0.05, 0) is 66.5 Å². The average Bonchev–Trinajstić information content (AvgIpc) is 3.51. The van der Waals surface area contributed by atoms with Crippen molar-refractivity contribution in [3.8, 4) is 16.9 Å². The summed E-state index contributed by atoms with van der Waals surface area (Å²) >= 11 is 0. The highest BCUT2D eigenvalue weighted by Gasteiger charge is 2.42. The Bertz CT molecular complexity index is 1180. The fourth-order valence-electron chi connectivity index (χ4n) is 5.76. The molecule has 2 aliphatic rings. The van der Waals surface area contributed by atoms with Gasteiger partial charge in [-0.25, -0.2) is 9.37 Å². The third-order valence-electron chi connectivity index (χ3n) is 7.49. The average molecular weight is 467 g/mol. The number of methoxy groups -OCH3 is 1. The van der Waals surface area contributed by atoms with Crippen LogP contribution in [0, 0.1) is 17.7 Å². The fourth-order valence-corrected chi connectivity index (χ4v) is 5.76. The minimum absolute atomic E-state index is 0.0117. The zero-order valence-corrected chi connectivity index (χ0v) is 19.6. The molecule has 7 nitrogen and oxygen atoms in total. The third-order valence-corrected chi connectivity index (χ3v) is 7.49. The Morgan fingerprint density at radius 1 is 1.24 bits per heavy atom. The summed E-state index contributed by atoms with van der Waals surface area (Å²) < 4.78 is 19.5. The monoisotopic (exact) mass is 466 g/mol. The predicted molar refractivity (Wildman–Crippen MR) is 128 cm³/mol. The molecule has 8 heteroatoms. The normalized spacial score (nSPS) is 22.3. The standard InChI is InChI=1S/C26H31FN4O3/c1-30(7-8-32)25(33)15-31-13-17-9-16(10-18(17)14-31)23-12-22-20(5-6-28-26(22)29-23)21-11-19(27)3-4-24(21)34-2/h3-6,11-12,16-18,32H,7-10,13-15H2,1-2H3,(H,28,29)/t16?,17-,18+. The van der Waals surface area contributed by atoms with Gasteiger partial charge in [-0.1, -0.05) is 0 Å². The van der Waals surface area contributed by atoms with Crippen molar-refractivity contribution in [2.24, 2.45) is 11.8 Å². The number of pyridine rings is 1. The molecule has 1 saturated carbocycles. The van der Waals surface area contributed by atoms with Crippen molar-refractivity contribution in [1.82, 2.24) is 19.8 Å². The van der Waals surface area contributed by atoms with Gasteiger partial charge >= 0.3 is 0 Å². The number of hydrogen-bond acceptors (Lipinski definition) is 5. The second-order valence-corrected chi connectivity index (χ2v) is 9.61. The molecule has 3 atom stereocenters. The lowest BCUT2D eigenvalue weighted by Crippen LogP contribution is -2.39. The van der Waals surface area contributed by atoms with Gasteiger partial charge in [0, 0.05) is 49.5 Å². The molecular weight excluding hydrogens is 435 g/mol. The topological polar surface area (TPSA) is 81.7 Å². The predicted octanol–water partition coefficient (Wildman–Crippen LogP) is 3.25. The second-order valence-electron chi connectivity index (χ2n) is 9.61. The van der Waals surface area contributed by atoms with Gasteiger partial charge in [0.05, 0.1) is 20.3 Å². The number of aliphatic hydroxyl groups is 1.